The van der Waals surface area contributed by atoms with Crippen molar-refractivity contribution in [1.29, 1.82) is 0 Å². The van der Waals surface area contributed by atoms with Gasteiger partial charge >= 0.3 is 0 Å². The minimum absolute atomic E-state index is 0. The van der Waals surface area contributed by atoms with E-state index >= 15 is 0 Å². The molecule has 168 valence electrons. The van der Waals surface area contributed by atoms with Crippen molar-refractivity contribution in [1.82, 2.24) is 0 Å². The Kier molecular flexibility index (Phi) is 53.3. The van der Waals surface area contributed by atoms with Crippen molar-refractivity contribution in [3.63, 3.8) is 0 Å². The Hall–Kier alpha value is 0.771. The molecule has 0 fully saturated rings. The summed E-state index contributed by atoms with van der Waals surface area (Å²) in [5, 5.41) is 24.2. The molecule has 4 N–H and O–H groups in total. The quantitative estimate of drug-likeness (QED) is 0.300. The maximum absolute atomic E-state index is 10.2. The van der Waals surface area contributed by atoms with Gasteiger partial charge in [-0.25, -0.2) is 0 Å². The number of aliphatic hydroxyl groups excluding tert-OH is 3. The van der Waals surface area contributed by atoms with E-state index in [9.17, 15) is 4.80 Å². The molecule has 0 saturated carbocycles. The first-order valence-electron chi connectivity index (χ1n) is 11.0. The molecule has 6 heteroatoms. The van der Waals surface area contributed by atoms with Gasteiger partial charge in [-0.3, -0.25) is 0 Å². The van der Waals surface area contributed by atoms with Crippen molar-refractivity contribution in [2.45, 2.75) is 117 Å². The fourth-order valence-corrected chi connectivity index (χ4v) is 5.79. The Bertz CT molecular complexity index is 173. The molecular formula is C21H52O4SiTi. The van der Waals surface area contributed by atoms with E-state index in [0.29, 0.717) is 19.8 Å². The van der Waals surface area contributed by atoms with Crippen LogP contribution in [0.15, 0.2) is 0 Å². The van der Waals surface area contributed by atoms with Crippen molar-refractivity contribution >= 4 is 8.32 Å². The molecule has 0 atom stereocenters. The Labute approximate surface area is 187 Å². The third-order valence-electron chi connectivity index (χ3n) is 3.68. The summed E-state index contributed by atoms with van der Waals surface area (Å²) < 4.78 is 0. The Morgan fingerprint density at radius 3 is 0.778 bits per heavy atom. The molecule has 0 saturated heterocycles. The smallest absolute Gasteiger partial charge is 0.188 e. The number of rotatable bonds is 12. The fraction of sp³-hybridized carbons (Fsp3) is 1.00. The van der Waals surface area contributed by atoms with Crippen LogP contribution in [0.2, 0.25) is 18.1 Å². The van der Waals surface area contributed by atoms with Crippen LogP contribution in [-0.2, 0) is 21.7 Å². The zero-order valence-corrected chi connectivity index (χ0v) is 22.0. The summed E-state index contributed by atoms with van der Waals surface area (Å²) in [5.74, 6) is 0. The number of aliphatic hydroxyl groups is 3. The molecule has 0 aliphatic rings. The van der Waals surface area contributed by atoms with Crippen LogP contribution in [0.4, 0.5) is 0 Å². The number of unbranched alkanes of at least 4 members (excludes halogenated alkanes) is 3. The van der Waals surface area contributed by atoms with Gasteiger partial charge in [-0.1, -0.05) is 80.1 Å². The molecule has 0 amide bonds. The van der Waals surface area contributed by atoms with Crippen LogP contribution in [0, 0.1) is 0 Å². The molecule has 0 aliphatic heterocycles. The molecule has 27 heavy (non-hydrogen) atoms. The summed E-state index contributed by atoms with van der Waals surface area (Å²) in [6.45, 7) is 13.7. The Balaban J connectivity index is -0.0000000858. The molecule has 0 spiro atoms. The van der Waals surface area contributed by atoms with Gasteiger partial charge < -0.3 is 20.1 Å². The average molecular weight is 445 g/mol. The van der Waals surface area contributed by atoms with E-state index in [1.165, 1.54) is 0 Å². The fourth-order valence-electron chi connectivity index (χ4n) is 2.25. The van der Waals surface area contributed by atoms with Crippen LogP contribution >= 0.6 is 0 Å². The van der Waals surface area contributed by atoms with Crippen molar-refractivity contribution < 1.29 is 41.8 Å². The summed E-state index contributed by atoms with van der Waals surface area (Å²) in [6.07, 6.45) is 9.58. The van der Waals surface area contributed by atoms with Crippen molar-refractivity contribution in [3.8, 4) is 0 Å². The summed E-state index contributed by atoms with van der Waals surface area (Å²) in [5.41, 5.74) is 0. The van der Waals surface area contributed by atoms with Crippen LogP contribution in [0.1, 0.15) is 99.3 Å². The van der Waals surface area contributed by atoms with Crippen LogP contribution in [0.3, 0.4) is 0 Å². The maximum atomic E-state index is 10.2. The normalized spacial score (nSPS) is 9.56. The average Bonchev–Trinajstić information content (AvgIpc) is 2.59. The van der Waals surface area contributed by atoms with Gasteiger partial charge in [-0.05, 0) is 37.4 Å². The first-order chi connectivity index (χ1) is 12.4. The minimum atomic E-state index is -1.75. The van der Waals surface area contributed by atoms with Gasteiger partial charge in [-0.15, -0.1) is 0 Å². The van der Waals surface area contributed by atoms with E-state index in [-0.39, 0.29) is 21.7 Å². The second kappa shape index (κ2) is 37.5. The minimum Gasteiger partial charge on any atom is -0.432 e. The van der Waals surface area contributed by atoms with E-state index in [0.717, 1.165) is 75.9 Å². The van der Waals surface area contributed by atoms with Crippen molar-refractivity contribution in [3.05, 3.63) is 0 Å². The Morgan fingerprint density at radius 1 is 0.481 bits per heavy atom. The van der Waals surface area contributed by atoms with E-state index in [1.54, 1.807) is 0 Å². The molecule has 0 aliphatic carbocycles. The summed E-state index contributed by atoms with van der Waals surface area (Å²) in [7, 11) is -1.75. The van der Waals surface area contributed by atoms with E-state index in [1.807, 2.05) is 0 Å². The van der Waals surface area contributed by atoms with E-state index in [4.69, 9.17) is 15.3 Å². The van der Waals surface area contributed by atoms with Crippen LogP contribution in [0.5, 0.6) is 0 Å². The first-order valence-corrected chi connectivity index (χ1v) is 13.5. The van der Waals surface area contributed by atoms with Gasteiger partial charge in [0.1, 0.15) is 0 Å². The summed E-state index contributed by atoms with van der Waals surface area (Å²) in [4.78, 5) is 10.2. The molecule has 0 aromatic rings. The number of hydrogen-bond donors (Lipinski definition) is 4. The standard InChI is InChI=1S/C9H22OSi.3C4H10O.Ti/c1-4-7-11(10,8-5-2)9-6-3;3*1-2-3-4-5;/h10H,4-9H2,1-3H3;3*5H,2-4H2,1H3;. The predicted molar refractivity (Wildman–Crippen MR) is 119 cm³/mol. The molecular weight excluding hydrogens is 392 g/mol. The molecule has 0 bridgehead atoms. The second-order valence-corrected chi connectivity index (χ2v) is 10.7. The van der Waals surface area contributed by atoms with Gasteiger partial charge in [0.05, 0.1) is 0 Å². The predicted octanol–water partition coefficient (Wildman–Crippen LogP) is 5.49. The summed E-state index contributed by atoms with van der Waals surface area (Å²) in [6, 6.07) is 3.32. The number of hydrogen-bond acceptors (Lipinski definition) is 4. The second-order valence-electron chi connectivity index (χ2n) is 6.71. The van der Waals surface area contributed by atoms with Gasteiger partial charge in [0, 0.05) is 41.5 Å². The molecule has 0 heterocycles. The third kappa shape index (κ3) is 46.6. The van der Waals surface area contributed by atoms with E-state index in [2.05, 4.69) is 41.5 Å². The van der Waals surface area contributed by atoms with Crippen LogP contribution in [-0.4, -0.2) is 48.3 Å². The largest absolute Gasteiger partial charge is 0.432 e. The van der Waals surface area contributed by atoms with Gasteiger partial charge in [0.25, 0.3) is 0 Å². The monoisotopic (exact) mass is 444 g/mol. The van der Waals surface area contributed by atoms with Gasteiger partial charge in [-0.2, -0.15) is 0 Å². The molecule has 0 unspecified atom stereocenters. The Morgan fingerprint density at radius 2 is 0.704 bits per heavy atom. The zero-order chi connectivity index (χ0) is 21.1. The molecule has 0 radical (unpaired) electrons. The molecule has 0 rings (SSSR count). The molecule has 0 aromatic heterocycles. The van der Waals surface area contributed by atoms with Gasteiger partial charge in [0.2, 0.25) is 0 Å². The van der Waals surface area contributed by atoms with Crippen LogP contribution in [0.25, 0.3) is 0 Å². The first kappa shape index (κ1) is 38.4. The SMILES string of the molecule is CCCCO.CCCCO.CCCCO.CCC[Si](O)(CCC)CCC.[Ti]. The molecule has 0 aromatic carbocycles. The maximum Gasteiger partial charge on any atom is 0.188 e. The van der Waals surface area contributed by atoms with Crippen LogP contribution < -0.4 is 0 Å². The topological polar surface area (TPSA) is 80.9 Å². The molecule has 4 nitrogen and oxygen atoms in total. The zero-order valence-electron chi connectivity index (χ0n) is 19.4. The van der Waals surface area contributed by atoms with Gasteiger partial charge in [0.15, 0.2) is 8.32 Å². The third-order valence-corrected chi connectivity index (χ3v) is 7.97. The summed E-state index contributed by atoms with van der Waals surface area (Å²) >= 11 is 0. The van der Waals surface area contributed by atoms with E-state index < -0.39 is 8.32 Å². The van der Waals surface area contributed by atoms with Crippen molar-refractivity contribution in [2.24, 2.45) is 0 Å². The van der Waals surface area contributed by atoms with Crippen molar-refractivity contribution in [2.75, 3.05) is 19.8 Å².